The quantitative estimate of drug-likeness (QED) is 0.921. The van der Waals surface area contributed by atoms with Crippen LogP contribution < -0.4 is 10.1 Å². The number of ether oxygens (including phenoxy) is 1. The molecular formula is C15H19F2N3O. The van der Waals surface area contributed by atoms with Gasteiger partial charge in [-0.3, -0.25) is 4.68 Å². The highest BCUT2D eigenvalue weighted by atomic mass is 19.1. The Hall–Kier alpha value is -1.95. The normalized spacial score (nSPS) is 12.7. The fraction of sp³-hybridized carbons (Fsp3) is 0.400. The minimum atomic E-state index is -0.604. The van der Waals surface area contributed by atoms with Gasteiger partial charge in [0.1, 0.15) is 17.3 Å². The van der Waals surface area contributed by atoms with Gasteiger partial charge in [-0.15, -0.1) is 0 Å². The highest BCUT2D eigenvalue weighted by molar-refractivity contribution is 5.37. The van der Waals surface area contributed by atoms with Gasteiger partial charge in [-0.05, 0) is 27.0 Å². The summed E-state index contributed by atoms with van der Waals surface area (Å²) in [6, 6.07) is 3.16. The Balaban J connectivity index is 2.58. The smallest absolute Gasteiger partial charge is 0.161 e. The molecule has 6 heteroatoms. The third-order valence-electron chi connectivity index (χ3n) is 3.34. The van der Waals surface area contributed by atoms with E-state index in [0.29, 0.717) is 17.0 Å². The van der Waals surface area contributed by atoms with Crippen LogP contribution in [0.3, 0.4) is 0 Å². The molecular weight excluding hydrogens is 276 g/mol. The average molecular weight is 295 g/mol. The second-order valence-electron chi connectivity index (χ2n) is 5.02. The summed E-state index contributed by atoms with van der Waals surface area (Å²) in [6.07, 6.45) is 1.60. The van der Waals surface area contributed by atoms with E-state index in [0.717, 1.165) is 6.07 Å². The zero-order valence-electron chi connectivity index (χ0n) is 12.5. The van der Waals surface area contributed by atoms with E-state index in [4.69, 9.17) is 4.74 Å². The van der Waals surface area contributed by atoms with Gasteiger partial charge < -0.3 is 10.1 Å². The molecule has 1 aromatic heterocycles. The van der Waals surface area contributed by atoms with Crippen molar-refractivity contribution in [1.29, 1.82) is 0 Å². The van der Waals surface area contributed by atoms with E-state index in [1.165, 1.54) is 12.1 Å². The number of halogens is 2. The molecule has 0 radical (unpaired) electrons. The molecule has 1 unspecified atom stereocenters. The first-order valence-corrected chi connectivity index (χ1v) is 6.73. The van der Waals surface area contributed by atoms with Crippen LogP contribution in [0.4, 0.5) is 8.78 Å². The number of hydrogen-bond acceptors (Lipinski definition) is 3. The van der Waals surface area contributed by atoms with E-state index in [2.05, 4.69) is 10.4 Å². The molecule has 1 atom stereocenters. The first-order chi connectivity index (χ1) is 9.99. The van der Waals surface area contributed by atoms with Gasteiger partial charge in [-0.1, -0.05) is 6.07 Å². The molecule has 0 spiro atoms. The first kappa shape index (κ1) is 15.4. The molecule has 0 bridgehead atoms. The molecule has 1 N–H and O–H groups in total. The summed E-state index contributed by atoms with van der Waals surface area (Å²) in [7, 11) is 3.25. The van der Waals surface area contributed by atoms with Crippen molar-refractivity contribution >= 4 is 0 Å². The summed E-state index contributed by atoms with van der Waals surface area (Å²) >= 11 is 0. The molecule has 0 fully saturated rings. The van der Waals surface area contributed by atoms with Crippen molar-refractivity contribution in [2.45, 2.75) is 25.9 Å². The Morgan fingerprint density at radius 3 is 2.52 bits per heavy atom. The van der Waals surface area contributed by atoms with E-state index in [9.17, 15) is 8.78 Å². The van der Waals surface area contributed by atoms with E-state index in [1.54, 1.807) is 25.0 Å². The minimum Gasteiger partial charge on any atom is -0.493 e. The molecule has 21 heavy (non-hydrogen) atoms. The lowest BCUT2D eigenvalue weighted by molar-refractivity contribution is 0.394. The summed E-state index contributed by atoms with van der Waals surface area (Å²) in [6.45, 7) is 3.95. The van der Waals surface area contributed by atoms with Crippen molar-refractivity contribution in [2.24, 2.45) is 0 Å². The molecule has 0 saturated heterocycles. The van der Waals surface area contributed by atoms with Crippen molar-refractivity contribution in [2.75, 3.05) is 14.2 Å². The molecule has 0 amide bonds. The predicted octanol–water partition coefficient (Wildman–Crippen LogP) is 3.06. The van der Waals surface area contributed by atoms with Crippen LogP contribution in [0.15, 0.2) is 24.4 Å². The van der Waals surface area contributed by atoms with Crippen LogP contribution >= 0.6 is 0 Å². The maximum absolute atomic E-state index is 14.1. The van der Waals surface area contributed by atoms with Gasteiger partial charge in [0, 0.05) is 17.7 Å². The van der Waals surface area contributed by atoms with Gasteiger partial charge in [0.25, 0.3) is 0 Å². The lowest BCUT2D eigenvalue weighted by Gasteiger charge is -2.22. The summed E-state index contributed by atoms with van der Waals surface area (Å²) in [5.74, 6) is -0.643. The first-order valence-electron chi connectivity index (χ1n) is 6.73. The highest BCUT2D eigenvalue weighted by Gasteiger charge is 2.25. The largest absolute Gasteiger partial charge is 0.493 e. The Bertz CT molecular complexity index is 625. The van der Waals surface area contributed by atoms with E-state index in [-0.39, 0.29) is 6.04 Å². The van der Waals surface area contributed by atoms with Crippen LogP contribution in [0, 0.1) is 11.6 Å². The Labute approximate surface area is 122 Å². The van der Waals surface area contributed by atoms with Crippen molar-refractivity contribution in [3.63, 3.8) is 0 Å². The van der Waals surface area contributed by atoms with Gasteiger partial charge in [0.2, 0.25) is 0 Å². The van der Waals surface area contributed by atoms with E-state index in [1.807, 2.05) is 13.8 Å². The summed E-state index contributed by atoms with van der Waals surface area (Å²) in [5, 5.41) is 7.33. The number of aromatic nitrogens is 2. The summed E-state index contributed by atoms with van der Waals surface area (Å²) in [5.41, 5.74) is 1.06. The zero-order valence-corrected chi connectivity index (χ0v) is 12.5. The van der Waals surface area contributed by atoms with Gasteiger partial charge in [0.05, 0.1) is 19.3 Å². The monoisotopic (exact) mass is 295 g/mol. The molecule has 0 aliphatic carbocycles. The molecule has 2 rings (SSSR count). The van der Waals surface area contributed by atoms with E-state index >= 15 is 0 Å². The van der Waals surface area contributed by atoms with Crippen LogP contribution in [0.25, 0.3) is 0 Å². The molecule has 4 nitrogen and oxygen atoms in total. The lowest BCUT2D eigenvalue weighted by atomic mass is 10.0. The summed E-state index contributed by atoms with van der Waals surface area (Å²) < 4.78 is 34.3. The van der Waals surface area contributed by atoms with Crippen LogP contribution in [0.2, 0.25) is 0 Å². The maximum atomic E-state index is 14.1. The number of nitrogens with one attached hydrogen (secondary N) is 1. The van der Waals surface area contributed by atoms with Crippen molar-refractivity contribution < 1.29 is 13.5 Å². The SMILES string of the molecule is CNC(c1ccc(F)cc1F)c1c(OC)cnn1C(C)C. The van der Waals surface area contributed by atoms with E-state index < -0.39 is 17.7 Å². The maximum Gasteiger partial charge on any atom is 0.161 e. The van der Waals surface area contributed by atoms with Crippen LogP contribution in [-0.2, 0) is 0 Å². The minimum absolute atomic E-state index is 0.0864. The van der Waals surface area contributed by atoms with Crippen molar-refractivity contribution in [1.82, 2.24) is 15.1 Å². The van der Waals surface area contributed by atoms with Crippen molar-refractivity contribution in [3.8, 4) is 5.75 Å². The van der Waals surface area contributed by atoms with Crippen LogP contribution in [0.5, 0.6) is 5.75 Å². The van der Waals surface area contributed by atoms with Crippen LogP contribution in [0.1, 0.15) is 37.2 Å². The molecule has 114 valence electrons. The molecule has 1 aromatic carbocycles. The third-order valence-corrected chi connectivity index (χ3v) is 3.34. The number of methoxy groups -OCH3 is 1. The van der Waals surface area contributed by atoms with Crippen LogP contribution in [-0.4, -0.2) is 23.9 Å². The summed E-state index contributed by atoms with van der Waals surface area (Å²) in [4.78, 5) is 0. The molecule has 2 aromatic rings. The van der Waals surface area contributed by atoms with Gasteiger partial charge in [0.15, 0.2) is 5.75 Å². The fourth-order valence-electron chi connectivity index (χ4n) is 2.37. The average Bonchev–Trinajstić information content (AvgIpc) is 2.86. The van der Waals surface area contributed by atoms with Gasteiger partial charge in [-0.25, -0.2) is 8.78 Å². The molecule has 0 saturated carbocycles. The standard InChI is InChI=1S/C15H19F2N3O/c1-9(2)20-15(13(21-4)8-19-20)14(18-3)11-6-5-10(16)7-12(11)17/h5-9,14,18H,1-4H3. The van der Waals surface area contributed by atoms with Gasteiger partial charge in [-0.2, -0.15) is 5.10 Å². The molecule has 1 heterocycles. The number of rotatable bonds is 5. The number of hydrogen-bond donors (Lipinski definition) is 1. The lowest BCUT2D eigenvalue weighted by Crippen LogP contribution is -2.24. The predicted molar refractivity (Wildman–Crippen MR) is 76.4 cm³/mol. The highest BCUT2D eigenvalue weighted by Crippen LogP contribution is 2.32. The second-order valence-corrected chi connectivity index (χ2v) is 5.02. The Kier molecular flexibility index (Phi) is 4.57. The Morgan fingerprint density at radius 1 is 1.29 bits per heavy atom. The van der Waals surface area contributed by atoms with Crippen molar-refractivity contribution in [3.05, 3.63) is 47.3 Å². The number of nitrogens with zero attached hydrogens (tertiary/aromatic N) is 2. The second kappa shape index (κ2) is 6.22. The third kappa shape index (κ3) is 2.90. The zero-order chi connectivity index (χ0) is 15.6. The fourth-order valence-corrected chi connectivity index (χ4v) is 2.37. The number of benzene rings is 1. The molecule has 0 aliphatic heterocycles. The van der Waals surface area contributed by atoms with Gasteiger partial charge >= 0.3 is 0 Å². The molecule has 0 aliphatic rings. The Morgan fingerprint density at radius 2 is 2.00 bits per heavy atom. The topological polar surface area (TPSA) is 39.1 Å².